The van der Waals surface area contributed by atoms with Crippen molar-refractivity contribution in [2.24, 2.45) is 0 Å². The fourth-order valence-electron chi connectivity index (χ4n) is 2.63. The molecule has 0 fully saturated rings. The summed E-state index contributed by atoms with van der Waals surface area (Å²) < 4.78 is 5.96. The van der Waals surface area contributed by atoms with Gasteiger partial charge in [0, 0.05) is 29.0 Å². The summed E-state index contributed by atoms with van der Waals surface area (Å²) in [6.45, 7) is 0.659. The lowest BCUT2D eigenvalue weighted by Crippen LogP contribution is -2.28. The van der Waals surface area contributed by atoms with Gasteiger partial charge >= 0.3 is 0 Å². The second-order valence-electron chi connectivity index (χ2n) is 4.90. The first-order valence-electron chi connectivity index (χ1n) is 6.64. The number of anilines is 2. The van der Waals surface area contributed by atoms with Gasteiger partial charge in [0.1, 0.15) is 5.75 Å². The Balaban J connectivity index is 1.95. The number of halogens is 1. The molecule has 0 radical (unpaired) electrons. The van der Waals surface area contributed by atoms with Crippen LogP contribution in [0.15, 0.2) is 40.9 Å². The maximum atomic E-state index is 12.7. The second-order valence-corrected chi connectivity index (χ2v) is 5.76. The molecule has 5 heteroatoms. The Kier molecular flexibility index (Phi) is 3.59. The first-order chi connectivity index (χ1) is 10.1. The maximum Gasteiger partial charge on any atom is 0.258 e. The first-order valence-corrected chi connectivity index (χ1v) is 7.44. The number of amides is 1. The van der Waals surface area contributed by atoms with Crippen LogP contribution in [-0.2, 0) is 6.42 Å². The predicted molar refractivity (Wildman–Crippen MR) is 86.9 cm³/mol. The molecule has 4 nitrogen and oxygen atoms in total. The van der Waals surface area contributed by atoms with E-state index >= 15 is 0 Å². The first kappa shape index (κ1) is 13.9. The van der Waals surface area contributed by atoms with Crippen LogP contribution < -0.4 is 15.4 Å². The number of ether oxygens (including phenoxy) is 1. The number of benzene rings is 2. The zero-order valence-electron chi connectivity index (χ0n) is 11.6. The van der Waals surface area contributed by atoms with Gasteiger partial charge in [0.05, 0.1) is 11.6 Å². The number of nitrogen functional groups attached to an aromatic ring is 1. The Morgan fingerprint density at radius 3 is 2.86 bits per heavy atom. The molecule has 2 aromatic rings. The number of methoxy groups -OCH3 is 1. The number of nitrogens with zero attached hydrogens (tertiary/aromatic N) is 1. The molecule has 1 aliphatic rings. The Labute approximate surface area is 131 Å². The van der Waals surface area contributed by atoms with Gasteiger partial charge in [-0.05, 0) is 52.7 Å². The molecular weight excluding hydrogens is 332 g/mol. The Bertz CT molecular complexity index is 715. The van der Waals surface area contributed by atoms with E-state index in [1.54, 1.807) is 30.2 Å². The lowest BCUT2D eigenvalue weighted by atomic mass is 10.1. The van der Waals surface area contributed by atoms with Crippen LogP contribution >= 0.6 is 15.9 Å². The van der Waals surface area contributed by atoms with Gasteiger partial charge < -0.3 is 15.4 Å². The average molecular weight is 347 g/mol. The van der Waals surface area contributed by atoms with E-state index in [1.807, 2.05) is 18.2 Å². The van der Waals surface area contributed by atoms with Crippen LogP contribution in [0.25, 0.3) is 0 Å². The van der Waals surface area contributed by atoms with Crippen molar-refractivity contribution in [3.8, 4) is 5.75 Å². The topological polar surface area (TPSA) is 55.6 Å². The number of carbonyl (C=O) groups excluding carboxylic acids is 1. The number of hydrogen-bond acceptors (Lipinski definition) is 3. The van der Waals surface area contributed by atoms with E-state index in [9.17, 15) is 4.79 Å². The number of nitrogens with two attached hydrogens (primary N) is 1. The van der Waals surface area contributed by atoms with Gasteiger partial charge in [0.25, 0.3) is 5.91 Å². The van der Waals surface area contributed by atoms with E-state index < -0.39 is 0 Å². The molecule has 0 saturated heterocycles. The standard InChI is InChI=1S/C16H15BrN2O2/c1-21-15-6-5-10(9-12(15)17)16(20)19-8-7-11-13(18)3-2-4-14(11)19/h2-6,9H,7-8,18H2,1H3. The zero-order valence-corrected chi connectivity index (χ0v) is 13.2. The summed E-state index contributed by atoms with van der Waals surface area (Å²) in [7, 11) is 1.60. The molecule has 0 aliphatic carbocycles. The van der Waals surface area contributed by atoms with Crippen LogP contribution in [-0.4, -0.2) is 19.6 Å². The van der Waals surface area contributed by atoms with Gasteiger partial charge in [0.15, 0.2) is 0 Å². The fourth-order valence-corrected chi connectivity index (χ4v) is 3.17. The third-order valence-corrected chi connectivity index (χ3v) is 4.33. The number of fused-ring (bicyclic) bond motifs is 1. The Morgan fingerprint density at radius 1 is 1.33 bits per heavy atom. The summed E-state index contributed by atoms with van der Waals surface area (Å²) >= 11 is 3.41. The highest BCUT2D eigenvalue weighted by Crippen LogP contribution is 2.34. The quantitative estimate of drug-likeness (QED) is 0.849. The second kappa shape index (κ2) is 5.41. The monoisotopic (exact) mass is 346 g/mol. The minimum atomic E-state index is -0.0253. The summed E-state index contributed by atoms with van der Waals surface area (Å²) in [5.41, 5.74) is 9.31. The minimum absolute atomic E-state index is 0.0253. The lowest BCUT2D eigenvalue weighted by molar-refractivity contribution is 0.0989. The predicted octanol–water partition coefficient (Wildman–Crippen LogP) is 3.24. The molecule has 0 spiro atoms. The van der Waals surface area contributed by atoms with Gasteiger partial charge in [0.2, 0.25) is 0 Å². The Hall–Kier alpha value is -2.01. The molecule has 0 bridgehead atoms. The highest BCUT2D eigenvalue weighted by atomic mass is 79.9. The van der Waals surface area contributed by atoms with Crippen LogP contribution in [0.1, 0.15) is 15.9 Å². The van der Waals surface area contributed by atoms with Crippen molar-refractivity contribution in [1.29, 1.82) is 0 Å². The zero-order chi connectivity index (χ0) is 15.0. The Morgan fingerprint density at radius 2 is 2.14 bits per heavy atom. The van der Waals surface area contributed by atoms with Gasteiger partial charge in [-0.2, -0.15) is 0 Å². The van der Waals surface area contributed by atoms with Crippen molar-refractivity contribution < 1.29 is 9.53 Å². The molecule has 0 aromatic heterocycles. The lowest BCUT2D eigenvalue weighted by Gasteiger charge is -2.18. The van der Waals surface area contributed by atoms with Crippen molar-refractivity contribution >= 4 is 33.2 Å². The van der Waals surface area contributed by atoms with E-state index in [4.69, 9.17) is 10.5 Å². The molecule has 2 N–H and O–H groups in total. The van der Waals surface area contributed by atoms with E-state index in [0.29, 0.717) is 17.9 Å². The van der Waals surface area contributed by atoms with Crippen molar-refractivity contribution in [3.63, 3.8) is 0 Å². The molecule has 21 heavy (non-hydrogen) atoms. The number of carbonyl (C=O) groups is 1. The van der Waals surface area contributed by atoms with E-state index in [2.05, 4.69) is 15.9 Å². The molecule has 1 amide bonds. The maximum absolute atomic E-state index is 12.7. The molecule has 2 aromatic carbocycles. The summed E-state index contributed by atoms with van der Waals surface area (Å²) in [6.07, 6.45) is 0.797. The van der Waals surface area contributed by atoms with Crippen molar-refractivity contribution in [2.45, 2.75) is 6.42 Å². The van der Waals surface area contributed by atoms with E-state index in [-0.39, 0.29) is 5.91 Å². The summed E-state index contributed by atoms with van der Waals surface area (Å²) in [6, 6.07) is 11.0. The van der Waals surface area contributed by atoms with Crippen LogP contribution in [0, 0.1) is 0 Å². The van der Waals surface area contributed by atoms with Crippen LogP contribution in [0.5, 0.6) is 5.75 Å². The van der Waals surface area contributed by atoms with Crippen LogP contribution in [0.3, 0.4) is 0 Å². The summed E-state index contributed by atoms with van der Waals surface area (Å²) in [5.74, 6) is 0.681. The van der Waals surface area contributed by atoms with Crippen LogP contribution in [0.2, 0.25) is 0 Å². The molecular formula is C16H15BrN2O2. The fraction of sp³-hybridized carbons (Fsp3) is 0.188. The van der Waals surface area contributed by atoms with E-state index in [1.165, 1.54) is 0 Å². The molecule has 108 valence electrons. The third-order valence-electron chi connectivity index (χ3n) is 3.71. The number of hydrogen-bond donors (Lipinski definition) is 1. The van der Waals surface area contributed by atoms with Crippen molar-refractivity contribution in [3.05, 3.63) is 52.0 Å². The van der Waals surface area contributed by atoms with E-state index in [0.717, 1.165) is 27.8 Å². The average Bonchev–Trinajstić information content (AvgIpc) is 2.92. The molecule has 0 atom stereocenters. The highest BCUT2D eigenvalue weighted by molar-refractivity contribution is 9.10. The highest BCUT2D eigenvalue weighted by Gasteiger charge is 2.27. The number of rotatable bonds is 2. The van der Waals surface area contributed by atoms with Gasteiger partial charge in [-0.15, -0.1) is 0 Å². The van der Waals surface area contributed by atoms with Gasteiger partial charge in [-0.3, -0.25) is 4.79 Å². The molecule has 1 heterocycles. The molecule has 0 saturated carbocycles. The van der Waals surface area contributed by atoms with Gasteiger partial charge in [-0.25, -0.2) is 0 Å². The van der Waals surface area contributed by atoms with Gasteiger partial charge in [-0.1, -0.05) is 6.07 Å². The largest absolute Gasteiger partial charge is 0.496 e. The summed E-state index contributed by atoms with van der Waals surface area (Å²) in [5, 5.41) is 0. The van der Waals surface area contributed by atoms with Crippen LogP contribution in [0.4, 0.5) is 11.4 Å². The molecule has 0 unspecified atom stereocenters. The normalized spacial score (nSPS) is 13.1. The smallest absolute Gasteiger partial charge is 0.258 e. The minimum Gasteiger partial charge on any atom is -0.496 e. The SMILES string of the molecule is COc1ccc(C(=O)N2CCc3c(N)cccc32)cc1Br. The summed E-state index contributed by atoms with van der Waals surface area (Å²) in [4.78, 5) is 14.5. The molecule has 3 rings (SSSR count). The third kappa shape index (κ3) is 2.38. The van der Waals surface area contributed by atoms with Crippen molar-refractivity contribution in [2.75, 3.05) is 24.3 Å². The molecule has 1 aliphatic heterocycles. The van der Waals surface area contributed by atoms with Crippen molar-refractivity contribution in [1.82, 2.24) is 0 Å².